The van der Waals surface area contributed by atoms with Gasteiger partial charge in [0, 0.05) is 39.3 Å². The Kier molecular flexibility index (Phi) is 6.52. The monoisotopic (exact) mass is 442 g/mol. The number of carbonyl (C=O) groups excluding carboxylic acids is 1. The smallest absolute Gasteiger partial charge is 0.256 e. The lowest BCUT2D eigenvalue weighted by Gasteiger charge is -2.31. The van der Waals surface area contributed by atoms with Crippen molar-refractivity contribution < 1.29 is 22.5 Å². The van der Waals surface area contributed by atoms with Crippen LogP contribution in [0.2, 0.25) is 0 Å². The van der Waals surface area contributed by atoms with Crippen molar-refractivity contribution in [3.8, 4) is 0 Å². The Morgan fingerprint density at radius 1 is 1.14 bits per heavy atom. The van der Waals surface area contributed by atoms with Crippen LogP contribution < -0.4 is 10.0 Å². The molecule has 2 atom stereocenters. The second-order valence-electron chi connectivity index (χ2n) is 7.61. The van der Waals surface area contributed by atoms with Crippen molar-refractivity contribution in [1.29, 1.82) is 0 Å². The summed E-state index contributed by atoms with van der Waals surface area (Å²) >= 11 is -0.0694. The van der Waals surface area contributed by atoms with E-state index in [0.717, 1.165) is 12.1 Å². The summed E-state index contributed by atoms with van der Waals surface area (Å²) in [7, 11) is 0. The number of amides is 1. The summed E-state index contributed by atoms with van der Waals surface area (Å²) in [5.74, 6) is -2.52. The van der Waals surface area contributed by atoms with Gasteiger partial charge in [-0.1, -0.05) is 0 Å². The number of hydrogen-bond donors (Lipinski definition) is 2. The second kappa shape index (κ2) is 8.59. The van der Waals surface area contributed by atoms with Crippen LogP contribution in [0.25, 0.3) is 0 Å². The molecule has 0 aliphatic carbocycles. The summed E-state index contributed by atoms with van der Waals surface area (Å²) in [5.41, 5.74) is 0.622. The highest BCUT2D eigenvalue weighted by Gasteiger charge is 2.35. The van der Waals surface area contributed by atoms with Crippen LogP contribution in [0.15, 0.2) is 35.2 Å². The lowest BCUT2D eigenvalue weighted by Crippen LogP contribution is -2.42. The van der Waals surface area contributed by atoms with E-state index >= 15 is 0 Å². The quantitative estimate of drug-likeness (QED) is 0.658. The zero-order valence-electron chi connectivity index (χ0n) is 16.1. The molecule has 2 aromatic rings. The van der Waals surface area contributed by atoms with Crippen LogP contribution in [0, 0.1) is 17.5 Å². The Morgan fingerprint density at radius 3 is 2.48 bits per heavy atom. The molecule has 0 bridgehead atoms. The van der Waals surface area contributed by atoms with Crippen molar-refractivity contribution in [3.63, 3.8) is 0 Å². The van der Waals surface area contributed by atoms with Crippen LogP contribution in [-0.2, 0) is 11.4 Å². The van der Waals surface area contributed by atoms with Gasteiger partial charge in [0.25, 0.3) is 5.91 Å². The summed E-state index contributed by atoms with van der Waals surface area (Å²) in [6.07, 6.45) is 0.560. The Balaban J connectivity index is 1.91. The van der Waals surface area contributed by atoms with E-state index < -0.39 is 45.5 Å². The van der Waals surface area contributed by atoms with E-state index in [1.165, 1.54) is 30.0 Å². The van der Waals surface area contributed by atoms with Gasteiger partial charge in [-0.3, -0.25) is 4.79 Å². The molecule has 0 fully saturated rings. The zero-order chi connectivity index (χ0) is 21.3. The Morgan fingerprint density at radius 2 is 1.83 bits per heavy atom. The van der Waals surface area contributed by atoms with Crippen LogP contribution in [-0.4, -0.2) is 21.0 Å². The maximum atomic E-state index is 14.7. The molecule has 0 unspecified atom stereocenters. The highest BCUT2D eigenvalue weighted by molar-refractivity contribution is 7.99. The Hall–Kier alpha value is -1.68. The highest BCUT2D eigenvalue weighted by Crippen LogP contribution is 2.41. The van der Waals surface area contributed by atoms with Gasteiger partial charge in [0.1, 0.15) is 10.6 Å². The largest absolute Gasteiger partial charge is 0.598 e. The molecule has 2 aromatic carbocycles. The van der Waals surface area contributed by atoms with E-state index in [2.05, 4.69) is 10.0 Å². The molecule has 1 amide bonds. The summed E-state index contributed by atoms with van der Waals surface area (Å²) in [5, 5.41) is 2.51. The van der Waals surface area contributed by atoms with Crippen molar-refractivity contribution in [3.05, 3.63) is 58.9 Å². The molecule has 0 spiro atoms. The number of nitrogens with one attached hydrogen (secondary N) is 2. The molecule has 1 aliphatic rings. The van der Waals surface area contributed by atoms with Gasteiger partial charge in [-0.15, -0.1) is 16.5 Å². The zero-order valence-corrected chi connectivity index (χ0v) is 17.8. The van der Waals surface area contributed by atoms with Crippen LogP contribution in [0.5, 0.6) is 0 Å². The lowest BCUT2D eigenvalue weighted by atomic mass is 10.0. The van der Waals surface area contributed by atoms with E-state index in [-0.39, 0.29) is 11.3 Å². The maximum absolute atomic E-state index is 14.7. The number of anilines is 1. The molecule has 1 heterocycles. The van der Waals surface area contributed by atoms with E-state index in [9.17, 15) is 22.5 Å². The molecular formula is C20H21F3N2O2S2. The molecule has 29 heavy (non-hydrogen) atoms. The van der Waals surface area contributed by atoms with Gasteiger partial charge in [-0.2, -0.15) is 0 Å². The predicted molar refractivity (Wildman–Crippen MR) is 110 cm³/mol. The van der Waals surface area contributed by atoms with Crippen molar-refractivity contribution in [2.24, 2.45) is 0 Å². The van der Waals surface area contributed by atoms with E-state index in [0.29, 0.717) is 22.6 Å². The average molecular weight is 443 g/mol. The van der Waals surface area contributed by atoms with Crippen molar-refractivity contribution in [1.82, 2.24) is 4.72 Å². The van der Waals surface area contributed by atoms with Gasteiger partial charge < -0.3 is 9.87 Å². The average Bonchev–Trinajstić information content (AvgIpc) is 2.64. The van der Waals surface area contributed by atoms with Gasteiger partial charge in [0.15, 0.2) is 11.6 Å². The fourth-order valence-corrected chi connectivity index (χ4v) is 4.97. The van der Waals surface area contributed by atoms with Gasteiger partial charge in [-0.05, 0) is 51.5 Å². The van der Waals surface area contributed by atoms with Crippen LogP contribution in [0.4, 0.5) is 18.9 Å². The maximum Gasteiger partial charge on any atom is 0.256 e. The molecular weight excluding hydrogens is 421 g/mol. The lowest BCUT2D eigenvalue weighted by molar-refractivity contribution is 0.102. The fraction of sp³-hybridized carbons (Fsp3) is 0.350. The molecule has 0 radical (unpaired) electrons. The first-order valence-electron chi connectivity index (χ1n) is 8.97. The van der Waals surface area contributed by atoms with Gasteiger partial charge in [0.05, 0.1) is 11.6 Å². The molecule has 4 nitrogen and oxygen atoms in total. The topological polar surface area (TPSA) is 64.2 Å². The van der Waals surface area contributed by atoms with Gasteiger partial charge >= 0.3 is 0 Å². The number of fused-ring (bicyclic) bond motifs is 1. The standard InChI is InChI=1S/C20H21F3N2O2S2/c1-20(2,3)29(27)25-16-8-9-28-18-12(5-7-14(22)17(16)18)19(26)24-11-4-6-13(21)15(23)10-11/h4-7,10,16,25H,8-9H2,1-3H3,(H,24,26)/t16-,29-/m0/s1. The first-order chi connectivity index (χ1) is 13.6. The van der Waals surface area contributed by atoms with Crippen molar-refractivity contribution in [2.75, 3.05) is 11.1 Å². The number of carbonyl (C=O) groups is 1. The van der Waals surface area contributed by atoms with Gasteiger partial charge in [-0.25, -0.2) is 13.2 Å². The number of thioether (sulfide) groups is 1. The summed E-state index contributed by atoms with van der Waals surface area (Å²) < 4.78 is 56.1. The molecule has 0 saturated carbocycles. The Bertz CT molecular complexity index is 935. The third kappa shape index (κ3) is 4.91. The fourth-order valence-electron chi connectivity index (χ4n) is 2.85. The van der Waals surface area contributed by atoms with E-state index in [1.807, 2.05) is 20.8 Å². The number of halogens is 3. The minimum atomic E-state index is -1.41. The van der Waals surface area contributed by atoms with Crippen molar-refractivity contribution >= 4 is 34.7 Å². The Labute approximate surface area is 175 Å². The van der Waals surface area contributed by atoms with Crippen molar-refractivity contribution in [2.45, 2.75) is 42.9 Å². The molecule has 1 aliphatic heterocycles. The third-order valence-corrected chi connectivity index (χ3v) is 7.15. The van der Waals surface area contributed by atoms with E-state index in [1.54, 1.807) is 0 Å². The predicted octanol–water partition coefficient (Wildman–Crippen LogP) is 4.94. The molecule has 0 aromatic heterocycles. The first kappa shape index (κ1) is 22.0. The van der Waals surface area contributed by atoms with Crippen LogP contribution >= 0.6 is 11.8 Å². The number of hydrogen-bond acceptors (Lipinski definition) is 4. The second-order valence-corrected chi connectivity index (χ2v) is 10.7. The molecule has 2 N–H and O–H groups in total. The molecule has 156 valence electrons. The van der Waals surface area contributed by atoms with E-state index in [4.69, 9.17) is 0 Å². The normalized spacial score (nSPS) is 17.6. The summed E-state index contributed by atoms with van der Waals surface area (Å²) in [6.45, 7) is 5.45. The minimum Gasteiger partial charge on any atom is -0.598 e. The highest BCUT2D eigenvalue weighted by atomic mass is 32.2. The SMILES string of the molecule is CC(C)(C)[S@+]([O-])N[C@H]1CCSc2c(C(=O)Nc3ccc(F)c(F)c3)ccc(F)c21. The molecule has 0 saturated heterocycles. The van der Waals surface area contributed by atoms with Gasteiger partial charge in [0.2, 0.25) is 0 Å². The molecule has 9 heteroatoms. The molecule has 3 rings (SSSR count). The number of benzene rings is 2. The first-order valence-corrected chi connectivity index (χ1v) is 11.1. The number of rotatable bonds is 4. The third-order valence-electron chi connectivity index (χ3n) is 4.37. The summed E-state index contributed by atoms with van der Waals surface area (Å²) in [6, 6.07) is 5.10. The minimum absolute atomic E-state index is 0.0938. The summed E-state index contributed by atoms with van der Waals surface area (Å²) in [4.78, 5) is 13.2. The van der Waals surface area contributed by atoms with Crippen LogP contribution in [0.3, 0.4) is 0 Å². The van der Waals surface area contributed by atoms with Crippen LogP contribution in [0.1, 0.15) is 49.2 Å².